The first-order chi connectivity index (χ1) is 16.3. The molecule has 1 aliphatic rings. The summed E-state index contributed by atoms with van der Waals surface area (Å²) in [6, 6.07) is 35.7. The zero-order valence-electron chi connectivity index (χ0n) is 18.9. The van der Waals surface area contributed by atoms with Crippen LogP contribution in [0, 0.1) is 6.92 Å². The van der Waals surface area contributed by atoms with Crippen molar-refractivity contribution in [2.75, 3.05) is 0 Å². The predicted octanol–water partition coefficient (Wildman–Crippen LogP) is 9.37. The van der Waals surface area contributed by atoms with Gasteiger partial charge in [0.05, 0.1) is 0 Å². The molecule has 0 N–H and O–H groups in total. The third kappa shape index (κ3) is 3.49. The van der Waals surface area contributed by atoms with Gasteiger partial charge in [-0.05, 0) is 80.8 Å². The molecule has 0 bridgehead atoms. The van der Waals surface area contributed by atoms with E-state index < -0.39 is 0 Å². The summed E-state index contributed by atoms with van der Waals surface area (Å²) in [7, 11) is 0. The van der Waals surface area contributed by atoms with Crippen molar-refractivity contribution < 1.29 is 0 Å². The second-order valence-electron chi connectivity index (χ2n) is 8.95. The Morgan fingerprint density at radius 3 is 1.94 bits per heavy atom. The van der Waals surface area contributed by atoms with E-state index in [9.17, 15) is 0 Å². The second kappa shape index (κ2) is 8.22. The van der Waals surface area contributed by atoms with E-state index in [1.165, 1.54) is 60.5 Å². The number of benzene rings is 5. The summed E-state index contributed by atoms with van der Waals surface area (Å²) in [5.41, 5.74) is 9.23. The zero-order valence-corrected chi connectivity index (χ0v) is 18.9. The summed E-state index contributed by atoms with van der Waals surface area (Å²) in [6.45, 7) is 2.14. The van der Waals surface area contributed by atoms with Gasteiger partial charge in [-0.1, -0.05) is 115 Å². The molecule has 0 aliphatic heterocycles. The first-order valence-electron chi connectivity index (χ1n) is 11.8. The standard InChI is InChI=1S/C33H26/c1-23-16-18-24(19-17-23)27-20-21-30-31(22-27)33(26-12-6-3-7-13-26)29-15-9-8-14-28(29)32(30)25-10-4-2-5-11-25/h2-6,8-12,14-22H,7,13H2,1H3. The Morgan fingerprint density at radius 2 is 1.21 bits per heavy atom. The predicted molar refractivity (Wildman–Crippen MR) is 143 cm³/mol. The van der Waals surface area contributed by atoms with Gasteiger partial charge in [-0.15, -0.1) is 0 Å². The maximum absolute atomic E-state index is 2.41. The zero-order chi connectivity index (χ0) is 22.2. The molecule has 0 unspecified atom stereocenters. The number of rotatable bonds is 3. The van der Waals surface area contributed by atoms with Crippen molar-refractivity contribution in [3.63, 3.8) is 0 Å². The van der Waals surface area contributed by atoms with Gasteiger partial charge in [-0.2, -0.15) is 0 Å². The molecule has 0 atom stereocenters. The molecule has 158 valence electrons. The van der Waals surface area contributed by atoms with E-state index in [2.05, 4.69) is 122 Å². The Balaban J connectivity index is 1.75. The molecule has 0 fully saturated rings. The minimum atomic E-state index is 1.08. The lowest BCUT2D eigenvalue weighted by Crippen LogP contribution is -1.96. The van der Waals surface area contributed by atoms with Crippen molar-refractivity contribution in [3.05, 3.63) is 126 Å². The first-order valence-corrected chi connectivity index (χ1v) is 11.8. The van der Waals surface area contributed by atoms with Crippen LogP contribution in [0.15, 0.2) is 115 Å². The summed E-state index contributed by atoms with van der Waals surface area (Å²) in [5.74, 6) is 0. The maximum atomic E-state index is 2.41. The van der Waals surface area contributed by atoms with Gasteiger partial charge in [0.15, 0.2) is 0 Å². The number of hydrogen-bond acceptors (Lipinski definition) is 0. The van der Waals surface area contributed by atoms with Gasteiger partial charge in [0, 0.05) is 0 Å². The fraction of sp³-hybridized carbons (Fsp3) is 0.0909. The highest BCUT2D eigenvalue weighted by Gasteiger charge is 2.18. The van der Waals surface area contributed by atoms with E-state index in [1.807, 2.05) is 0 Å². The van der Waals surface area contributed by atoms with Crippen LogP contribution in [-0.4, -0.2) is 0 Å². The monoisotopic (exact) mass is 422 g/mol. The van der Waals surface area contributed by atoms with Gasteiger partial charge < -0.3 is 0 Å². The first kappa shape index (κ1) is 19.8. The minimum absolute atomic E-state index is 1.08. The van der Waals surface area contributed by atoms with Crippen LogP contribution in [0.3, 0.4) is 0 Å². The Bertz CT molecular complexity index is 1530. The van der Waals surface area contributed by atoms with E-state index in [0.717, 1.165) is 12.8 Å². The summed E-state index contributed by atoms with van der Waals surface area (Å²) < 4.78 is 0. The molecule has 5 aromatic rings. The van der Waals surface area contributed by atoms with Gasteiger partial charge in [-0.3, -0.25) is 0 Å². The van der Waals surface area contributed by atoms with Crippen LogP contribution in [-0.2, 0) is 0 Å². The van der Waals surface area contributed by atoms with Crippen LogP contribution >= 0.6 is 0 Å². The molecule has 0 heterocycles. The van der Waals surface area contributed by atoms with E-state index in [-0.39, 0.29) is 0 Å². The fourth-order valence-electron chi connectivity index (χ4n) is 5.18. The smallest absolute Gasteiger partial charge is 0.00264 e. The summed E-state index contributed by atoms with van der Waals surface area (Å²) in [6.07, 6.45) is 8.97. The van der Waals surface area contributed by atoms with Crippen LogP contribution in [0.5, 0.6) is 0 Å². The lowest BCUT2D eigenvalue weighted by atomic mass is 9.83. The molecule has 6 rings (SSSR count). The average molecular weight is 423 g/mol. The SMILES string of the molecule is Cc1ccc(-c2ccc3c(-c4ccccc4)c4ccccc4c(C4=CC=CCC4)c3c2)cc1. The van der Waals surface area contributed by atoms with Crippen molar-refractivity contribution in [3.8, 4) is 22.3 Å². The molecule has 0 saturated carbocycles. The summed E-state index contributed by atoms with van der Waals surface area (Å²) >= 11 is 0. The van der Waals surface area contributed by atoms with Crippen molar-refractivity contribution in [1.82, 2.24) is 0 Å². The van der Waals surface area contributed by atoms with Gasteiger partial charge in [-0.25, -0.2) is 0 Å². The van der Waals surface area contributed by atoms with Crippen molar-refractivity contribution >= 4 is 27.1 Å². The summed E-state index contributed by atoms with van der Waals surface area (Å²) in [4.78, 5) is 0. The third-order valence-electron chi connectivity index (χ3n) is 6.81. The van der Waals surface area contributed by atoms with E-state index in [0.29, 0.717) is 0 Å². The minimum Gasteiger partial charge on any atom is -0.0842 e. The quantitative estimate of drug-likeness (QED) is 0.254. The largest absolute Gasteiger partial charge is 0.0842 e. The van der Waals surface area contributed by atoms with Crippen LogP contribution in [0.2, 0.25) is 0 Å². The van der Waals surface area contributed by atoms with Crippen molar-refractivity contribution in [2.45, 2.75) is 19.8 Å². The Morgan fingerprint density at radius 1 is 0.545 bits per heavy atom. The van der Waals surface area contributed by atoms with Crippen molar-refractivity contribution in [2.24, 2.45) is 0 Å². The molecule has 0 amide bonds. The van der Waals surface area contributed by atoms with Crippen LogP contribution in [0.4, 0.5) is 0 Å². The number of allylic oxidation sites excluding steroid dienone is 4. The highest BCUT2D eigenvalue weighted by atomic mass is 14.2. The highest BCUT2D eigenvalue weighted by Crippen LogP contribution is 2.44. The van der Waals surface area contributed by atoms with Gasteiger partial charge in [0.1, 0.15) is 0 Å². The molecular weight excluding hydrogens is 396 g/mol. The molecule has 5 aromatic carbocycles. The van der Waals surface area contributed by atoms with Crippen molar-refractivity contribution in [1.29, 1.82) is 0 Å². The van der Waals surface area contributed by atoms with Crippen LogP contribution in [0.25, 0.3) is 49.4 Å². The Labute approximate surface area is 195 Å². The molecule has 0 heteroatoms. The van der Waals surface area contributed by atoms with Gasteiger partial charge >= 0.3 is 0 Å². The fourth-order valence-corrected chi connectivity index (χ4v) is 5.18. The number of hydrogen-bond donors (Lipinski definition) is 0. The molecule has 0 radical (unpaired) electrons. The highest BCUT2D eigenvalue weighted by molar-refractivity contribution is 6.19. The molecule has 33 heavy (non-hydrogen) atoms. The van der Waals surface area contributed by atoms with Crippen LogP contribution in [0.1, 0.15) is 24.0 Å². The Kier molecular flexibility index (Phi) is 4.92. The number of fused-ring (bicyclic) bond motifs is 2. The van der Waals surface area contributed by atoms with Crippen LogP contribution < -0.4 is 0 Å². The molecular formula is C33H26. The molecule has 0 nitrogen and oxygen atoms in total. The molecule has 1 aliphatic carbocycles. The lowest BCUT2D eigenvalue weighted by Gasteiger charge is -2.20. The lowest BCUT2D eigenvalue weighted by molar-refractivity contribution is 1.06. The van der Waals surface area contributed by atoms with E-state index in [1.54, 1.807) is 0 Å². The molecule has 0 saturated heterocycles. The normalized spacial score (nSPS) is 13.4. The maximum Gasteiger partial charge on any atom is -0.00264 e. The van der Waals surface area contributed by atoms with E-state index >= 15 is 0 Å². The Hall–Kier alpha value is -3.90. The molecule has 0 aromatic heterocycles. The van der Waals surface area contributed by atoms with Gasteiger partial charge in [0.2, 0.25) is 0 Å². The topological polar surface area (TPSA) is 0 Å². The average Bonchev–Trinajstić information content (AvgIpc) is 2.88. The second-order valence-corrected chi connectivity index (χ2v) is 8.95. The third-order valence-corrected chi connectivity index (χ3v) is 6.81. The number of aryl methyl sites for hydroxylation is 1. The molecule has 0 spiro atoms. The van der Waals surface area contributed by atoms with Gasteiger partial charge in [0.25, 0.3) is 0 Å². The van der Waals surface area contributed by atoms with E-state index in [4.69, 9.17) is 0 Å². The summed E-state index contributed by atoms with van der Waals surface area (Å²) in [5, 5.41) is 5.32.